The van der Waals surface area contributed by atoms with Crippen molar-refractivity contribution in [2.45, 2.75) is 13.1 Å². The van der Waals surface area contributed by atoms with Gasteiger partial charge in [0.05, 0.1) is 12.1 Å². The van der Waals surface area contributed by atoms with Gasteiger partial charge in [0.15, 0.2) is 16.6 Å². The van der Waals surface area contributed by atoms with Gasteiger partial charge < -0.3 is 24.7 Å². The Balaban J connectivity index is 1.65. The fourth-order valence-electron chi connectivity index (χ4n) is 3.28. The number of benzene rings is 2. The second kappa shape index (κ2) is 8.08. The average Bonchev–Trinajstić information content (AvgIpc) is 2.73. The molecule has 0 spiro atoms. The molecule has 29 heavy (non-hydrogen) atoms. The highest BCUT2D eigenvalue weighted by atomic mass is 32.1. The van der Waals surface area contributed by atoms with E-state index in [9.17, 15) is 9.18 Å². The first-order chi connectivity index (χ1) is 14.0. The van der Waals surface area contributed by atoms with E-state index in [0.717, 1.165) is 10.9 Å². The van der Waals surface area contributed by atoms with Gasteiger partial charge in [0.25, 0.3) is 5.56 Å². The number of halogens is 1. The molecular formula is C21H20FN3O3S. The van der Waals surface area contributed by atoms with Crippen LogP contribution in [0.5, 0.6) is 11.5 Å². The molecule has 2 N–H and O–H groups in total. The summed E-state index contributed by atoms with van der Waals surface area (Å²) in [5.74, 6) is 0.995. The molecule has 8 heteroatoms. The number of H-pyrrole nitrogens is 1. The minimum atomic E-state index is -0.294. The first-order valence-corrected chi connectivity index (χ1v) is 9.61. The second-order valence-electron chi connectivity index (χ2n) is 6.74. The topological polar surface area (TPSA) is 66.6 Å². The van der Waals surface area contributed by atoms with E-state index >= 15 is 0 Å². The molecule has 0 saturated heterocycles. The van der Waals surface area contributed by atoms with Crippen LogP contribution in [0.25, 0.3) is 10.9 Å². The van der Waals surface area contributed by atoms with E-state index in [-0.39, 0.29) is 11.4 Å². The van der Waals surface area contributed by atoms with E-state index in [1.807, 2.05) is 17.0 Å². The molecule has 1 aromatic heterocycles. The van der Waals surface area contributed by atoms with Crippen LogP contribution in [0, 0.1) is 5.82 Å². The molecule has 150 valence electrons. The van der Waals surface area contributed by atoms with Gasteiger partial charge in [-0.3, -0.25) is 4.79 Å². The van der Waals surface area contributed by atoms with Crippen molar-refractivity contribution in [3.05, 3.63) is 69.8 Å². The molecule has 1 aliphatic rings. The maximum Gasteiger partial charge on any atom is 0.253 e. The van der Waals surface area contributed by atoms with Crippen molar-refractivity contribution in [2.24, 2.45) is 0 Å². The van der Waals surface area contributed by atoms with Gasteiger partial charge in [0.2, 0.25) is 0 Å². The zero-order chi connectivity index (χ0) is 20.4. The maximum absolute atomic E-state index is 13.2. The third kappa shape index (κ3) is 4.17. The number of thiocarbonyl (C=S) groups is 1. The van der Waals surface area contributed by atoms with Crippen LogP contribution in [0.1, 0.15) is 11.1 Å². The quantitative estimate of drug-likeness (QED) is 0.641. The second-order valence-corrected chi connectivity index (χ2v) is 7.13. The van der Waals surface area contributed by atoms with Crippen LogP contribution in [0.4, 0.5) is 4.39 Å². The maximum atomic E-state index is 13.2. The number of ether oxygens (including phenoxy) is 2. The predicted octanol–water partition coefficient (Wildman–Crippen LogP) is 2.94. The Morgan fingerprint density at radius 2 is 1.83 bits per heavy atom. The van der Waals surface area contributed by atoms with Gasteiger partial charge in [0, 0.05) is 30.6 Å². The largest absolute Gasteiger partial charge is 0.486 e. The molecular weight excluding hydrogens is 393 g/mol. The van der Waals surface area contributed by atoms with Crippen molar-refractivity contribution in [1.82, 2.24) is 15.2 Å². The van der Waals surface area contributed by atoms with Crippen LogP contribution in [0.15, 0.2) is 47.3 Å². The normalized spacial score (nSPS) is 12.6. The number of nitrogens with zero attached hydrogens (tertiary/aromatic N) is 1. The zero-order valence-electron chi connectivity index (χ0n) is 15.8. The van der Waals surface area contributed by atoms with E-state index in [1.165, 1.54) is 12.1 Å². The Hall–Kier alpha value is -3.13. The number of hydrogen-bond donors (Lipinski definition) is 2. The molecule has 0 amide bonds. The number of hydrogen-bond acceptors (Lipinski definition) is 4. The van der Waals surface area contributed by atoms with Gasteiger partial charge in [-0.25, -0.2) is 4.39 Å². The summed E-state index contributed by atoms with van der Waals surface area (Å²) in [6.45, 7) is 1.73. The fraction of sp³-hybridized carbons (Fsp3) is 0.238. The van der Waals surface area contributed by atoms with E-state index in [4.69, 9.17) is 21.7 Å². The molecule has 0 aliphatic carbocycles. The van der Waals surface area contributed by atoms with Gasteiger partial charge in [-0.1, -0.05) is 12.1 Å². The highest BCUT2D eigenvalue weighted by Crippen LogP contribution is 2.33. The van der Waals surface area contributed by atoms with Crippen molar-refractivity contribution in [1.29, 1.82) is 0 Å². The van der Waals surface area contributed by atoms with Crippen LogP contribution in [0.3, 0.4) is 0 Å². The van der Waals surface area contributed by atoms with E-state index in [2.05, 4.69) is 10.3 Å². The number of aromatic amines is 1. The number of fused-ring (bicyclic) bond motifs is 2. The molecule has 0 radical (unpaired) electrons. The van der Waals surface area contributed by atoms with Crippen LogP contribution < -0.4 is 20.3 Å². The minimum absolute atomic E-state index is 0.197. The number of aromatic nitrogens is 1. The van der Waals surface area contributed by atoms with Crippen LogP contribution in [-0.4, -0.2) is 35.3 Å². The molecule has 1 aliphatic heterocycles. The summed E-state index contributed by atoms with van der Waals surface area (Å²) in [4.78, 5) is 17.4. The summed E-state index contributed by atoms with van der Waals surface area (Å²) in [5, 5.41) is 4.29. The number of nitrogens with one attached hydrogen (secondary N) is 2. The van der Waals surface area contributed by atoms with Crippen LogP contribution in [0.2, 0.25) is 0 Å². The van der Waals surface area contributed by atoms with Gasteiger partial charge in [-0.15, -0.1) is 0 Å². The van der Waals surface area contributed by atoms with Crippen LogP contribution >= 0.6 is 12.2 Å². The summed E-state index contributed by atoms with van der Waals surface area (Å²) in [6.07, 6.45) is 0. The molecule has 2 heterocycles. The highest BCUT2D eigenvalue weighted by molar-refractivity contribution is 7.80. The summed E-state index contributed by atoms with van der Waals surface area (Å²) < 4.78 is 24.4. The molecule has 4 rings (SSSR count). The third-order valence-electron chi connectivity index (χ3n) is 4.73. The first-order valence-electron chi connectivity index (χ1n) is 9.20. The van der Waals surface area contributed by atoms with E-state index < -0.39 is 0 Å². The van der Waals surface area contributed by atoms with Crippen molar-refractivity contribution in [2.75, 3.05) is 20.3 Å². The number of rotatable bonds is 4. The van der Waals surface area contributed by atoms with Gasteiger partial charge >= 0.3 is 0 Å². The van der Waals surface area contributed by atoms with Crippen LogP contribution in [-0.2, 0) is 13.1 Å². The Morgan fingerprint density at radius 3 is 2.52 bits per heavy atom. The first kappa shape index (κ1) is 19.2. The Morgan fingerprint density at radius 1 is 1.14 bits per heavy atom. The molecule has 3 aromatic rings. The summed E-state index contributed by atoms with van der Waals surface area (Å²) >= 11 is 5.41. The fourth-order valence-corrected chi connectivity index (χ4v) is 3.41. The van der Waals surface area contributed by atoms with Gasteiger partial charge in [-0.05, 0) is 42.0 Å². The lowest BCUT2D eigenvalue weighted by atomic mass is 10.1. The SMILES string of the molecule is CNC(=S)N(Cc1ccc(F)cc1)Cc1cc2cc3c(cc2[nH]c1=O)OCCO3. The molecule has 0 unspecified atom stereocenters. The molecule has 6 nitrogen and oxygen atoms in total. The minimum Gasteiger partial charge on any atom is -0.486 e. The van der Waals surface area contributed by atoms with Crippen molar-refractivity contribution in [3.63, 3.8) is 0 Å². The average molecular weight is 413 g/mol. The van der Waals surface area contributed by atoms with E-state index in [0.29, 0.717) is 54.0 Å². The Kier molecular flexibility index (Phi) is 5.35. The van der Waals surface area contributed by atoms with Crippen molar-refractivity contribution >= 4 is 28.2 Å². The molecule has 2 aromatic carbocycles. The lowest BCUT2D eigenvalue weighted by molar-refractivity contribution is 0.172. The Labute approximate surface area is 172 Å². The zero-order valence-corrected chi connectivity index (χ0v) is 16.6. The van der Waals surface area contributed by atoms with Crippen molar-refractivity contribution < 1.29 is 13.9 Å². The standard InChI is InChI=1S/C21H20FN3O3S/c1-23-21(29)25(11-13-2-4-16(22)5-3-13)12-15-8-14-9-18-19(28-7-6-27-18)10-17(14)24-20(15)26/h2-5,8-10H,6-7,11-12H2,1H3,(H,23,29)(H,24,26). The molecule has 0 saturated carbocycles. The molecule has 0 fully saturated rings. The number of pyridine rings is 1. The smallest absolute Gasteiger partial charge is 0.253 e. The van der Waals surface area contributed by atoms with Gasteiger partial charge in [0.1, 0.15) is 19.0 Å². The Bertz CT molecular complexity index is 1110. The highest BCUT2D eigenvalue weighted by Gasteiger charge is 2.16. The predicted molar refractivity (Wildman–Crippen MR) is 113 cm³/mol. The van der Waals surface area contributed by atoms with Gasteiger partial charge in [-0.2, -0.15) is 0 Å². The monoisotopic (exact) mass is 413 g/mol. The summed E-state index contributed by atoms with van der Waals surface area (Å²) in [7, 11) is 1.73. The van der Waals surface area contributed by atoms with Crippen molar-refractivity contribution in [3.8, 4) is 11.5 Å². The van der Waals surface area contributed by atoms with E-state index in [1.54, 1.807) is 25.2 Å². The third-order valence-corrected chi connectivity index (χ3v) is 5.20. The summed E-state index contributed by atoms with van der Waals surface area (Å²) in [6, 6.07) is 11.7. The lowest BCUT2D eigenvalue weighted by Crippen LogP contribution is -2.38. The lowest BCUT2D eigenvalue weighted by Gasteiger charge is -2.25. The summed E-state index contributed by atoms with van der Waals surface area (Å²) in [5.41, 5.74) is 1.94. The molecule has 0 bridgehead atoms. The molecule has 0 atom stereocenters.